The summed E-state index contributed by atoms with van der Waals surface area (Å²) in [5.41, 5.74) is 0. The van der Waals surface area contributed by atoms with Crippen LogP contribution in [0.2, 0.25) is 0 Å². The van der Waals surface area contributed by atoms with Gasteiger partial charge in [0.05, 0.1) is 7.11 Å². The van der Waals surface area contributed by atoms with Crippen molar-refractivity contribution < 1.29 is 14.3 Å². The van der Waals surface area contributed by atoms with Gasteiger partial charge in [0, 0.05) is 6.20 Å². The second-order valence-electron chi connectivity index (χ2n) is 4.16. The van der Waals surface area contributed by atoms with E-state index in [-0.39, 0.29) is 12.6 Å². The van der Waals surface area contributed by atoms with Crippen molar-refractivity contribution in [3.8, 4) is 0 Å². The third-order valence-electron chi connectivity index (χ3n) is 2.85. The predicted molar refractivity (Wildman–Crippen MR) is 64.3 cm³/mol. The van der Waals surface area contributed by atoms with Gasteiger partial charge in [-0.3, -0.25) is 4.79 Å². The number of carbonyl (C=O) groups is 2. The Labute approximate surface area is 102 Å². The second-order valence-corrected chi connectivity index (χ2v) is 4.16. The molecule has 17 heavy (non-hydrogen) atoms. The summed E-state index contributed by atoms with van der Waals surface area (Å²) in [6.07, 6.45) is 9.92. The van der Waals surface area contributed by atoms with Crippen molar-refractivity contribution in [1.29, 1.82) is 0 Å². The van der Waals surface area contributed by atoms with Gasteiger partial charge >= 0.3 is 12.0 Å². The first-order valence-electron chi connectivity index (χ1n) is 6.00. The van der Waals surface area contributed by atoms with Crippen LogP contribution in [0.25, 0.3) is 0 Å². The van der Waals surface area contributed by atoms with E-state index in [9.17, 15) is 9.59 Å². The van der Waals surface area contributed by atoms with Crippen LogP contribution < -0.4 is 10.6 Å². The predicted octanol–water partition coefficient (Wildman–Crippen LogP) is 1.55. The van der Waals surface area contributed by atoms with Crippen molar-refractivity contribution in [3.63, 3.8) is 0 Å². The quantitative estimate of drug-likeness (QED) is 0.733. The number of nitrogens with one attached hydrogen (secondary N) is 2. The number of hydrogen-bond acceptors (Lipinski definition) is 3. The van der Waals surface area contributed by atoms with E-state index < -0.39 is 5.97 Å². The van der Waals surface area contributed by atoms with Gasteiger partial charge in [0.1, 0.15) is 6.54 Å². The molecule has 0 aromatic rings. The second kappa shape index (κ2) is 7.70. The summed E-state index contributed by atoms with van der Waals surface area (Å²) < 4.78 is 4.40. The Balaban J connectivity index is 2.13. The summed E-state index contributed by atoms with van der Waals surface area (Å²) in [5.74, 6) is 0.112. The molecule has 5 heteroatoms. The molecule has 0 atom stereocenters. The normalized spacial score (nSPS) is 16.8. The van der Waals surface area contributed by atoms with Crippen LogP contribution in [0, 0.1) is 5.92 Å². The van der Waals surface area contributed by atoms with Crippen molar-refractivity contribution in [2.24, 2.45) is 5.92 Å². The Morgan fingerprint density at radius 1 is 1.29 bits per heavy atom. The lowest BCUT2D eigenvalue weighted by atomic mass is 9.89. The van der Waals surface area contributed by atoms with E-state index in [0.29, 0.717) is 5.92 Å². The van der Waals surface area contributed by atoms with E-state index >= 15 is 0 Å². The molecular weight excluding hydrogens is 220 g/mol. The zero-order valence-electron chi connectivity index (χ0n) is 10.2. The SMILES string of the molecule is COC(=O)CNC(=O)N/C=C/C1CCCCC1. The minimum Gasteiger partial charge on any atom is -0.468 e. The number of methoxy groups -OCH3 is 1. The van der Waals surface area contributed by atoms with Crippen molar-refractivity contribution >= 4 is 12.0 Å². The van der Waals surface area contributed by atoms with Crippen molar-refractivity contribution in [1.82, 2.24) is 10.6 Å². The minimum absolute atomic E-state index is 0.112. The van der Waals surface area contributed by atoms with Crippen LogP contribution in [0.5, 0.6) is 0 Å². The molecule has 1 rings (SSSR count). The summed E-state index contributed by atoms with van der Waals surface area (Å²) in [6, 6.07) is -0.387. The van der Waals surface area contributed by atoms with Gasteiger partial charge in [-0.15, -0.1) is 0 Å². The summed E-state index contributed by atoms with van der Waals surface area (Å²) in [5, 5.41) is 4.97. The number of allylic oxidation sites excluding steroid dienone is 1. The zero-order valence-corrected chi connectivity index (χ0v) is 10.2. The number of urea groups is 1. The highest BCUT2D eigenvalue weighted by molar-refractivity contribution is 5.81. The molecule has 1 saturated carbocycles. The highest BCUT2D eigenvalue weighted by Gasteiger charge is 2.09. The van der Waals surface area contributed by atoms with E-state index in [1.54, 1.807) is 6.20 Å². The van der Waals surface area contributed by atoms with Gasteiger partial charge in [-0.2, -0.15) is 0 Å². The number of ether oxygens (including phenoxy) is 1. The number of esters is 1. The smallest absolute Gasteiger partial charge is 0.325 e. The first-order valence-corrected chi connectivity index (χ1v) is 6.00. The van der Waals surface area contributed by atoms with E-state index in [0.717, 1.165) is 0 Å². The molecule has 0 radical (unpaired) electrons. The third kappa shape index (κ3) is 5.94. The van der Waals surface area contributed by atoms with Crippen LogP contribution in [0.1, 0.15) is 32.1 Å². The molecule has 1 fully saturated rings. The fraction of sp³-hybridized carbons (Fsp3) is 0.667. The van der Waals surface area contributed by atoms with E-state index in [4.69, 9.17) is 0 Å². The molecule has 1 aliphatic rings. The van der Waals surface area contributed by atoms with Crippen LogP contribution in [-0.2, 0) is 9.53 Å². The summed E-state index contributed by atoms with van der Waals surface area (Å²) in [6.45, 7) is -0.112. The Hall–Kier alpha value is -1.52. The monoisotopic (exact) mass is 240 g/mol. The lowest BCUT2D eigenvalue weighted by Crippen LogP contribution is -2.36. The first-order chi connectivity index (χ1) is 8.22. The van der Waals surface area contributed by atoms with Gasteiger partial charge in [0.25, 0.3) is 0 Å². The van der Waals surface area contributed by atoms with Crippen LogP contribution >= 0.6 is 0 Å². The van der Waals surface area contributed by atoms with Gasteiger partial charge in [-0.25, -0.2) is 4.79 Å². The number of amides is 2. The number of carbonyl (C=O) groups excluding carboxylic acids is 2. The van der Waals surface area contributed by atoms with Gasteiger partial charge in [-0.1, -0.05) is 25.3 Å². The fourth-order valence-corrected chi connectivity index (χ4v) is 1.86. The van der Waals surface area contributed by atoms with Crippen molar-refractivity contribution in [2.45, 2.75) is 32.1 Å². The summed E-state index contributed by atoms with van der Waals surface area (Å²) in [4.78, 5) is 22.0. The maximum absolute atomic E-state index is 11.2. The van der Waals surface area contributed by atoms with Crippen molar-refractivity contribution in [3.05, 3.63) is 12.3 Å². The average Bonchev–Trinajstić information content (AvgIpc) is 2.37. The van der Waals surface area contributed by atoms with Crippen LogP contribution in [0.4, 0.5) is 4.79 Å². The summed E-state index contributed by atoms with van der Waals surface area (Å²) >= 11 is 0. The molecule has 0 saturated heterocycles. The first kappa shape index (κ1) is 13.5. The Bertz CT molecular complexity index is 283. The van der Waals surface area contributed by atoms with Gasteiger partial charge < -0.3 is 15.4 Å². The van der Waals surface area contributed by atoms with E-state index in [1.165, 1.54) is 39.2 Å². The maximum Gasteiger partial charge on any atom is 0.325 e. The van der Waals surface area contributed by atoms with Crippen LogP contribution in [0.3, 0.4) is 0 Å². The highest BCUT2D eigenvalue weighted by Crippen LogP contribution is 2.24. The Morgan fingerprint density at radius 3 is 2.65 bits per heavy atom. The number of hydrogen-bond donors (Lipinski definition) is 2. The molecule has 0 unspecified atom stereocenters. The Morgan fingerprint density at radius 2 is 2.00 bits per heavy atom. The average molecular weight is 240 g/mol. The molecule has 0 aromatic heterocycles. The molecule has 0 aliphatic heterocycles. The molecule has 1 aliphatic carbocycles. The van der Waals surface area contributed by atoms with E-state index in [2.05, 4.69) is 15.4 Å². The number of rotatable bonds is 4. The van der Waals surface area contributed by atoms with Gasteiger partial charge in [0.2, 0.25) is 0 Å². The topological polar surface area (TPSA) is 67.4 Å². The lowest BCUT2D eigenvalue weighted by Gasteiger charge is -2.17. The van der Waals surface area contributed by atoms with Gasteiger partial charge in [-0.05, 0) is 18.8 Å². The third-order valence-corrected chi connectivity index (χ3v) is 2.85. The molecule has 0 heterocycles. The van der Waals surface area contributed by atoms with Gasteiger partial charge in [0.15, 0.2) is 0 Å². The lowest BCUT2D eigenvalue weighted by molar-refractivity contribution is -0.139. The molecule has 2 amide bonds. The molecule has 5 nitrogen and oxygen atoms in total. The fourth-order valence-electron chi connectivity index (χ4n) is 1.86. The van der Waals surface area contributed by atoms with Crippen LogP contribution in [0.15, 0.2) is 12.3 Å². The maximum atomic E-state index is 11.2. The molecule has 0 aromatic carbocycles. The zero-order chi connectivity index (χ0) is 12.5. The minimum atomic E-state index is -0.462. The molecule has 0 spiro atoms. The largest absolute Gasteiger partial charge is 0.468 e. The molecule has 0 bridgehead atoms. The highest BCUT2D eigenvalue weighted by atomic mass is 16.5. The molecule has 2 N–H and O–H groups in total. The molecular formula is C12H20N2O3. The standard InChI is InChI=1S/C12H20N2O3/c1-17-11(15)9-14-12(16)13-8-7-10-5-3-2-4-6-10/h7-8,10H,2-6,9H2,1H3,(H2,13,14,16)/b8-7+. The van der Waals surface area contributed by atoms with Crippen LogP contribution in [-0.4, -0.2) is 25.7 Å². The summed E-state index contributed by atoms with van der Waals surface area (Å²) in [7, 11) is 1.28. The van der Waals surface area contributed by atoms with E-state index in [1.807, 2.05) is 6.08 Å². The van der Waals surface area contributed by atoms with Crippen molar-refractivity contribution in [2.75, 3.05) is 13.7 Å². The molecule has 96 valence electrons. The Kier molecular flexibility index (Phi) is 6.14.